The van der Waals surface area contributed by atoms with Crippen molar-refractivity contribution in [1.82, 2.24) is 4.90 Å². The first kappa shape index (κ1) is 13.8. The van der Waals surface area contributed by atoms with Gasteiger partial charge in [-0.25, -0.2) is 0 Å². The molecule has 1 heterocycles. The number of hydrogen-bond acceptors (Lipinski definition) is 1. The minimum absolute atomic E-state index is 0.0615. The Hall–Kier alpha value is -0.300. The number of likely N-dealkylation sites (N-methyl/N-ethyl adjacent to an activating group) is 1. The first-order chi connectivity index (χ1) is 6.92. The lowest BCUT2D eigenvalue weighted by atomic mass is 9.54. The van der Waals surface area contributed by atoms with E-state index >= 15 is 0 Å². The van der Waals surface area contributed by atoms with Crippen LogP contribution in [0, 0.1) is 10.8 Å². The van der Waals surface area contributed by atoms with Crippen molar-refractivity contribution in [2.75, 3.05) is 7.05 Å². The first-order valence-electron chi connectivity index (χ1n) is 6.30. The van der Waals surface area contributed by atoms with E-state index in [1.54, 1.807) is 0 Å². The second-order valence-electron chi connectivity index (χ2n) is 7.41. The fourth-order valence-electron chi connectivity index (χ4n) is 3.40. The standard InChI is InChI=1S/C15H29N/c1-10-15(8)13(4,5)11-12(2,3)14(6,7)16(15)9/h10H,1,11H2,2-9H3. The molecule has 1 rings (SSSR count). The van der Waals surface area contributed by atoms with E-state index in [1.165, 1.54) is 6.42 Å². The molecule has 0 aromatic rings. The van der Waals surface area contributed by atoms with Crippen LogP contribution >= 0.6 is 0 Å². The van der Waals surface area contributed by atoms with Crippen LogP contribution in [0.5, 0.6) is 0 Å². The average Bonchev–Trinajstić information content (AvgIpc) is 2.11. The molecule has 1 heteroatoms. The van der Waals surface area contributed by atoms with Crippen LogP contribution in [0.1, 0.15) is 54.9 Å². The van der Waals surface area contributed by atoms with Gasteiger partial charge in [-0.2, -0.15) is 0 Å². The van der Waals surface area contributed by atoms with Gasteiger partial charge in [0.1, 0.15) is 0 Å². The molecule has 0 radical (unpaired) electrons. The third-order valence-electron chi connectivity index (χ3n) is 5.84. The minimum atomic E-state index is 0.0615. The SMILES string of the molecule is C=CC1(C)N(C)C(C)(C)C(C)(C)CC1(C)C. The van der Waals surface area contributed by atoms with E-state index in [1.807, 2.05) is 0 Å². The van der Waals surface area contributed by atoms with Gasteiger partial charge in [-0.3, -0.25) is 4.90 Å². The largest absolute Gasteiger partial charge is 0.291 e. The highest BCUT2D eigenvalue weighted by molar-refractivity contribution is 5.19. The highest BCUT2D eigenvalue weighted by atomic mass is 15.3. The lowest BCUT2D eigenvalue weighted by Crippen LogP contribution is -2.70. The number of rotatable bonds is 1. The summed E-state index contributed by atoms with van der Waals surface area (Å²) in [7, 11) is 2.24. The molecular weight excluding hydrogens is 194 g/mol. The molecule has 1 unspecified atom stereocenters. The van der Waals surface area contributed by atoms with Crippen LogP contribution in [0.3, 0.4) is 0 Å². The molecule has 1 aliphatic rings. The van der Waals surface area contributed by atoms with Gasteiger partial charge in [0.05, 0.1) is 0 Å². The Morgan fingerprint density at radius 2 is 1.38 bits per heavy atom. The molecule has 16 heavy (non-hydrogen) atoms. The molecule has 1 fully saturated rings. The normalized spacial score (nSPS) is 37.0. The Labute approximate surface area is 102 Å². The summed E-state index contributed by atoms with van der Waals surface area (Å²) >= 11 is 0. The summed E-state index contributed by atoms with van der Waals surface area (Å²) in [6, 6.07) is 0. The van der Waals surface area contributed by atoms with Crippen LogP contribution < -0.4 is 0 Å². The summed E-state index contributed by atoms with van der Waals surface area (Å²) in [5.74, 6) is 0. The molecule has 1 saturated heterocycles. The zero-order valence-electron chi connectivity index (χ0n) is 12.4. The summed E-state index contributed by atoms with van der Waals surface area (Å²) < 4.78 is 0. The number of likely N-dealkylation sites (tertiary alicyclic amines) is 1. The third-order valence-corrected chi connectivity index (χ3v) is 5.84. The van der Waals surface area contributed by atoms with Crippen LogP contribution in [0.25, 0.3) is 0 Å². The van der Waals surface area contributed by atoms with Gasteiger partial charge in [0.2, 0.25) is 0 Å². The predicted molar refractivity (Wildman–Crippen MR) is 72.6 cm³/mol. The second-order valence-corrected chi connectivity index (χ2v) is 7.41. The summed E-state index contributed by atoms with van der Waals surface area (Å²) in [6.45, 7) is 20.6. The van der Waals surface area contributed by atoms with Gasteiger partial charge < -0.3 is 0 Å². The van der Waals surface area contributed by atoms with Gasteiger partial charge in [-0.15, -0.1) is 6.58 Å². The molecule has 0 N–H and O–H groups in total. The molecule has 0 bridgehead atoms. The van der Waals surface area contributed by atoms with Gasteiger partial charge in [-0.05, 0) is 45.1 Å². The van der Waals surface area contributed by atoms with E-state index in [4.69, 9.17) is 0 Å². The van der Waals surface area contributed by atoms with Crippen LogP contribution in [0.15, 0.2) is 12.7 Å². The van der Waals surface area contributed by atoms with E-state index in [0.29, 0.717) is 5.41 Å². The van der Waals surface area contributed by atoms with Crippen molar-refractivity contribution in [1.29, 1.82) is 0 Å². The molecule has 0 amide bonds. The van der Waals surface area contributed by atoms with E-state index in [0.717, 1.165) is 0 Å². The highest BCUT2D eigenvalue weighted by Crippen LogP contribution is 2.57. The van der Waals surface area contributed by atoms with Gasteiger partial charge >= 0.3 is 0 Å². The maximum Gasteiger partial charge on any atom is 0.0414 e. The Balaban J connectivity index is 3.34. The average molecular weight is 223 g/mol. The van der Waals surface area contributed by atoms with Gasteiger partial charge in [-0.1, -0.05) is 33.8 Å². The molecular formula is C15H29N. The molecule has 0 aliphatic carbocycles. The summed E-state index contributed by atoms with van der Waals surface area (Å²) in [5, 5.41) is 0. The van der Waals surface area contributed by atoms with Crippen molar-refractivity contribution in [3.8, 4) is 0 Å². The van der Waals surface area contributed by atoms with Crippen molar-refractivity contribution < 1.29 is 0 Å². The van der Waals surface area contributed by atoms with Gasteiger partial charge in [0.25, 0.3) is 0 Å². The topological polar surface area (TPSA) is 3.24 Å². The zero-order chi connectivity index (χ0) is 13.0. The quantitative estimate of drug-likeness (QED) is 0.605. The number of piperidine rings is 1. The van der Waals surface area contributed by atoms with Crippen LogP contribution in [-0.4, -0.2) is 23.0 Å². The second kappa shape index (κ2) is 3.35. The minimum Gasteiger partial charge on any atom is -0.291 e. The molecule has 0 aromatic carbocycles. The lowest BCUT2D eigenvalue weighted by Gasteiger charge is -2.66. The van der Waals surface area contributed by atoms with Crippen molar-refractivity contribution in [3.05, 3.63) is 12.7 Å². The molecule has 1 aliphatic heterocycles. The predicted octanol–water partition coefficient (Wildman–Crippen LogP) is 4.10. The molecule has 94 valence electrons. The fourth-order valence-corrected chi connectivity index (χ4v) is 3.40. The van der Waals surface area contributed by atoms with Crippen LogP contribution in [0.2, 0.25) is 0 Å². The number of nitrogens with zero attached hydrogens (tertiary/aromatic N) is 1. The van der Waals surface area contributed by atoms with Crippen LogP contribution in [-0.2, 0) is 0 Å². The Bertz CT molecular complexity index is 299. The zero-order valence-corrected chi connectivity index (χ0v) is 12.4. The molecule has 0 spiro atoms. The molecule has 0 aromatic heterocycles. The van der Waals surface area contributed by atoms with Crippen molar-refractivity contribution >= 4 is 0 Å². The van der Waals surface area contributed by atoms with Crippen molar-refractivity contribution in [2.45, 2.75) is 66.0 Å². The fraction of sp³-hybridized carbons (Fsp3) is 0.867. The van der Waals surface area contributed by atoms with Crippen molar-refractivity contribution in [3.63, 3.8) is 0 Å². The van der Waals surface area contributed by atoms with Gasteiger partial charge in [0.15, 0.2) is 0 Å². The first-order valence-corrected chi connectivity index (χ1v) is 6.30. The Morgan fingerprint density at radius 3 is 1.75 bits per heavy atom. The smallest absolute Gasteiger partial charge is 0.0414 e. The molecule has 1 nitrogen and oxygen atoms in total. The maximum absolute atomic E-state index is 4.07. The number of hydrogen-bond donors (Lipinski definition) is 0. The van der Waals surface area contributed by atoms with E-state index < -0.39 is 0 Å². The monoisotopic (exact) mass is 223 g/mol. The van der Waals surface area contributed by atoms with E-state index in [-0.39, 0.29) is 16.5 Å². The van der Waals surface area contributed by atoms with E-state index in [2.05, 4.69) is 73.1 Å². The molecule has 1 atom stereocenters. The van der Waals surface area contributed by atoms with E-state index in [9.17, 15) is 0 Å². The molecule has 0 saturated carbocycles. The third kappa shape index (κ3) is 1.48. The maximum atomic E-state index is 4.07. The van der Waals surface area contributed by atoms with Gasteiger partial charge in [0, 0.05) is 11.1 Å². The van der Waals surface area contributed by atoms with Crippen molar-refractivity contribution in [2.24, 2.45) is 10.8 Å². The highest BCUT2D eigenvalue weighted by Gasteiger charge is 2.58. The lowest BCUT2D eigenvalue weighted by molar-refractivity contribution is -0.141. The Kier molecular flexibility index (Phi) is 2.88. The van der Waals surface area contributed by atoms with Crippen LogP contribution in [0.4, 0.5) is 0 Å². The summed E-state index contributed by atoms with van der Waals surface area (Å²) in [4.78, 5) is 2.51. The summed E-state index contributed by atoms with van der Waals surface area (Å²) in [6.07, 6.45) is 3.35. The summed E-state index contributed by atoms with van der Waals surface area (Å²) in [5.41, 5.74) is 0.813. The Morgan fingerprint density at radius 1 is 0.938 bits per heavy atom.